The van der Waals surface area contributed by atoms with Crippen LogP contribution in [0.3, 0.4) is 0 Å². The largest absolute Gasteiger partial charge is 0.313 e. The van der Waals surface area contributed by atoms with Gasteiger partial charge in [0.05, 0.1) is 0 Å². The average molecular weight is 253 g/mol. The maximum Gasteiger partial charge on any atom is 0.0207 e. The number of nitrogens with one attached hydrogen (secondary N) is 1. The highest BCUT2D eigenvalue weighted by Gasteiger charge is 2.25. The van der Waals surface area contributed by atoms with Gasteiger partial charge in [0, 0.05) is 25.2 Å². The summed E-state index contributed by atoms with van der Waals surface area (Å²) in [5.74, 6) is 0. The van der Waals surface area contributed by atoms with Crippen LogP contribution < -0.4 is 5.32 Å². The molecule has 3 heteroatoms. The second-order valence-electron chi connectivity index (χ2n) is 6.14. The molecule has 18 heavy (non-hydrogen) atoms. The van der Waals surface area contributed by atoms with Crippen LogP contribution in [0.4, 0.5) is 0 Å². The number of likely N-dealkylation sites (tertiary alicyclic amines) is 2. The quantitative estimate of drug-likeness (QED) is 0.780. The van der Waals surface area contributed by atoms with Gasteiger partial charge >= 0.3 is 0 Å². The van der Waals surface area contributed by atoms with Crippen LogP contribution in [0.15, 0.2) is 0 Å². The summed E-state index contributed by atoms with van der Waals surface area (Å²) in [5, 5.41) is 3.66. The molecule has 0 spiro atoms. The Morgan fingerprint density at radius 2 is 1.94 bits per heavy atom. The van der Waals surface area contributed by atoms with E-state index in [1.54, 1.807) is 0 Å². The molecule has 2 saturated heterocycles. The van der Waals surface area contributed by atoms with Crippen LogP contribution in [0.1, 0.15) is 46.0 Å². The normalized spacial score (nSPS) is 28.7. The molecule has 0 bridgehead atoms. The summed E-state index contributed by atoms with van der Waals surface area (Å²) in [4.78, 5) is 5.35. The molecule has 2 fully saturated rings. The first-order valence-electron chi connectivity index (χ1n) is 7.99. The zero-order chi connectivity index (χ0) is 12.8. The van der Waals surface area contributed by atoms with Crippen LogP contribution in [-0.4, -0.2) is 61.2 Å². The first-order valence-corrected chi connectivity index (χ1v) is 7.99. The van der Waals surface area contributed by atoms with Gasteiger partial charge in [-0.15, -0.1) is 0 Å². The minimum Gasteiger partial charge on any atom is -0.313 e. The molecule has 3 nitrogen and oxygen atoms in total. The fourth-order valence-corrected chi connectivity index (χ4v) is 3.36. The lowest BCUT2D eigenvalue weighted by Crippen LogP contribution is -2.44. The van der Waals surface area contributed by atoms with Crippen molar-refractivity contribution >= 4 is 0 Å². The van der Waals surface area contributed by atoms with Crippen molar-refractivity contribution in [1.29, 1.82) is 0 Å². The number of piperidine rings is 1. The highest BCUT2D eigenvalue weighted by Crippen LogP contribution is 2.15. The van der Waals surface area contributed by atoms with Gasteiger partial charge in [-0.1, -0.05) is 13.3 Å². The van der Waals surface area contributed by atoms with E-state index in [2.05, 4.69) is 29.0 Å². The minimum atomic E-state index is 0.746. The Balaban J connectivity index is 1.66. The summed E-state index contributed by atoms with van der Waals surface area (Å²) in [6, 6.07) is 1.49. The van der Waals surface area contributed by atoms with Crippen molar-refractivity contribution in [2.45, 2.75) is 58.0 Å². The molecular weight excluding hydrogens is 222 g/mol. The smallest absolute Gasteiger partial charge is 0.0207 e. The molecule has 1 N–H and O–H groups in total. The van der Waals surface area contributed by atoms with Crippen LogP contribution in [-0.2, 0) is 0 Å². The Morgan fingerprint density at radius 1 is 1.17 bits per heavy atom. The van der Waals surface area contributed by atoms with E-state index in [1.807, 2.05) is 0 Å². The van der Waals surface area contributed by atoms with Crippen molar-refractivity contribution < 1.29 is 0 Å². The topological polar surface area (TPSA) is 18.5 Å². The highest BCUT2D eigenvalue weighted by atomic mass is 15.2. The first kappa shape index (κ1) is 14.3. The Morgan fingerprint density at radius 3 is 2.67 bits per heavy atom. The lowest BCUT2D eigenvalue weighted by Gasteiger charge is -2.34. The lowest BCUT2D eigenvalue weighted by atomic mass is 10.1. The molecule has 2 atom stereocenters. The SMILES string of the molecule is CCCNC1CCN(CC(C)N2CCCCC2)C1. The van der Waals surface area contributed by atoms with Gasteiger partial charge in [-0.2, -0.15) is 0 Å². The van der Waals surface area contributed by atoms with Gasteiger partial charge < -0.3 is 10.2 Å². The molecule has 0 aromatic rings. The number of hydrogen-bond acceptors (Lipinski definition) is 3. The monoisotopic (exact) mass is 253 g/mol. The predicted molar refractivity (Wildman–Crippen MR) is 78.0 cm³/mol. The summed E-state index contributed by atoms with van der Waals surface area (Å²) < 4.78 is 0. The summed E-state index contributed by atoms with van der Waals surface area (Å²) in [7, 11) is 0. The molecule has 0 amide bonds. The zero-order valence-electron chi connectivity index (χ0n) is 12.3. The van der Waals surface area contributed by atoms with E-state index in [4.69, 9.17) is 0 Å². The molecule has 2 rings (SSSR count). The van der Waals surface area contributed by atoms with Crippen molar-refractivity contribution in [1.82, 2.24) is 15.1 Å². The van der Waals surface area contributed by atoms with Crippen LogP contribution in [0, 0.1) is 0 Å². The van der Waals surface area contributed by atoms with Gasteiger partial charge in [0.15, 0.2) is 0 Å². The van der Waals surface area contributed by atoms with Crippen LogP contribution >= 0.6 is 0 Å². The Bertz CT molecular complexity index is 226. The van der Waals surface area contributed by atoms with Gasteiger partial charge in [-0.05, 0) is 58.8 Å². The van der Waals surface area contributed by atoms with Crippen molar-refractivity contribution in [2.24, 2.45) is 0 Å². The summed E-state index contributed by atoms with van der Waals surface area (Å²) in [5.41, 5.74) is 0. The predicted octanol–water partition coefficient (Wildman–Crippen LogP) is 1.93. The third-order valence-corrected chi connectivity index (χ3v) is 4.49. The van der Waals surface area contributed by atoms with Crippen molar-refractivity contribution in [3.63, 3.8) is 0 Å². The maximum atomic E-state index is 3.66. The molecule has 0 aromatic carbocycles. The van der Waals surface area contributed by atoms with Gasteiger partial charge in [0.1, 0.15) is 0 Å². The van der Waals surface area contributed by atoms with E-state index < -0.39 is 0 Å². The van der Waals surface area contributed by atoms with E-state index >= 15 is 0 Å². The van der Waals surface area contributed by atoms with E-state index in [9.17, 15) is 0 Å². The molecule has 106 valence electrons. The molecule has 2 unspecified atom stereocenters. The van der Waals surface area contributed by atoms with E-state index in [0.717, 1.165) is 12.1 Å². The first-order chi connectivity index (χ1) is 8.79. The van der Waals surface area contributed by atoms with Crippen molar-refractivity contribution in [3.05, 3.63) is 0 Å². The van der Waals surface area contributed by atoms with Crippen LogP contribution in [0.2, 0.25) is 0 Å². The molecule has 0 aliphatic carbocycles. The molecule has 2 aliphatic heterocycles. The lowest BCUT2D eigenvalue weighted by molar-refractivity contribution is 0.137. The standard InChI is InChI=1S/C15H31N3/c1-3-8-16-15-7-11-17(13-15)12-14(2)18-9-5-4-6-10-18/h14-16H,3-13H2,1-2H3. The third-order valence-electron chi connectivity index (χ3n) is 4.49. The summed E-state index contributed by atoms with van der Waals surface area (Å²) in [6.45, 7) is 12.3. The second-order valence-corrected chi connectivity index (χ2v) is 6.14. The van der Waals surface area contributed by atoms with Gasteiger partial charge in [-0.3, -0.25) is 4.90 Å². The fourth-order valence-electron chi connectivity index (χ4n) is 3.36. The van der Waals surface area contributed by atoms with Gasteiger partial charge in [0.25, 0.3) is 0 Å². The van der Waals surface area contributed by atoms with Crippen molar-refractivity contribution in [2.75, 3.05) is 39.3 Å². The Hall–Kier alpha value is -0.120. The molecule has 0 saturated carbocycles. The molecule has 0 radical (unpaired) electrons. The van der Waals surface area contributed by atoms with Gasteiger partial charge in [0.2, 0.25) is 0 Å². The Labute approximate surface area is 113 Å². The van der Waals surface area contributed by atoms with E-state index in [1.165, 1.54) is 71.4 Å². The summed E-state index contributed by atoms with van der Waals surface area (Å²) >= 11 is 0. The minimum absolute atomic E-state index is 0.746. The van der Waals surface area contributed by atoms with Crippen LogP contribution in [0.25, 0.3) is 0 Å². The highest BCUT2D eigenvalue weighted by molar-refractivity contribution is 4.84. The molecule has 0 aromatic heterocycles. The summed E-state index contributed by atoms with van der Waals surface area (Å²) in [6.07, 6.45) is 6.85. The van der Waals surface area contributed by atoms with E-state index in [0.29, 0.717) is 0 Å². The third kappa shape index (κ3) is 4.22. The fraction of sp³-hybridized carbons (Fsp3) is 1.00. The maximum absolute atomic E-state index is 3.66. The van der Waals surface area contributed by atoms with E-state index in [-0.39, 0.29) is 0 Å². The average Bonchev–Trinajstić information content (AvgIpc) is 2.85. The number of rotatable bonds is 6. The molecule has 2 aliphatic rings. The zero-order valence-corrected chi connectivity index (χ0v) is 12.3. The molecular formula is C15H31N3. The second kappa shape index (κ2) is 7.46. The molecule has 2 heterocycles. The number of hydrogen-bond donors (Lipinski definition) is 1. The van der Waals surface area contributed by atoms with Gasteiger partial charge in [-0.25, -0.2) is 0 Å². The Kier molecular flexibility index (Phi) is 5.93. The number of nitrogens with zero attached hydrogens (tertiary/aromatic N) is 2. The van der Waals surface area contributed by atoms with Crippen molar-refractivity contribution in [3.8, 4) is 0 Å². The van der Waals surface area contributed by atoms with Crippen LogP contribution in [0.5, 0.6) is 0 Å².